The minimum absolute atomic E-state index is 0.124. The monoisotopic (exact) mass is 737 g/mol. The molecule has 0 bridgehead atoms. The van der Waals surface area contributed by atoms with Crippen molar-refractivity contribution in [2.75, 3.05) is 13.2 Å². The van der Waals surface area contributed by atoms with Gasteiger partial charge in [-0.3, -0.25) is 14.4 Å². The molecule has 0 aliphatic heterocycles. The van der Waals surface area contributed by atoms with E-state index in [9.17, 15) is 14.4 Å². The average Bonchev–Trinajstić information content (AvgIpc) is 3.15. The number of hydrogen-bond acceptors (Lipinski definition) is 6. The van der Waals surface area contributed by atoms with Crippen LogP contribution in [0.25, 0.3) is 0 Å². The molecule has 0 saturated heterocycles. The molecule has 1 atom stereocenters. The molecule has 0 amide bonds. The highest BCUT2D eigenvalue weighted by atomic mass is 16.6. The van der Waals surface area contributed by atoms with Crippen molar-refractivity contribution in [1.29, 1.82) is 0 Å². The Kier molecular flexibility index (Phi) is 38.7. The smallest absolute Gasteiger partial charge is 0.309 e. The van der Waals surface area contributed by atoms with Gasteiger partial charge in [0.2, 0.25) is 0 Å². The molecule has 0 aromatic heterocycles. The Bertz CT molecular complexity index is 1080. The Labute approximate surface area is 325 Å². The maximum Gasteiger partial charge on any atom is 0.309 e. The molecule has 0 radical (unpaired) electrons. The number of unbranched alkanes of at least 4 members (excludes halogenated alkanes) is 15. The lowest BCUT2D eigenvalue weighted by molar-refractivity contribution is -0.166. The third kappa shape index (κ3) is 39.6. The highest BCUT2D eigenvalue weighted by molar-refractivity contribution is 5.72. The molecule has 6 nitrogen and oxygen atoms in total. The first kappa shape index (κ1) is 49.6. The molecular weight excluding hydrogens is 661 g/mol. The van der Waals surface area contributed by atoms with E-state index in [-0.39, 0.29) is 31.6 Å². The predicted molar refractivity (Wildman–Crippen MR) is 224 cm³/mol. The highest BCUT2D eigenvalue weighted by Crippen LogP contribution is 2.14. The van der Waals surface area contributed by atoms with Crippen LogP contribution in [0, 0.1) is 0 Å². The zero-order valence-corrected chi connectivity index (χ0v) is 34.0. The molecule has 0 aromatic rings. The number of ether oxygens (including phenoxy) is 3. The summed E-state index contributed by atoms with van der Waals surface area (Å²) in [5, 5.41) is 0. The van der Waals surface area contributed by atoms with Gasteiger partial charge in [-0.2, -0.15) is 0 Å². The molecule has 53 heavy (non-hydrogen) atoms. The maximum absolute atomic E-state index is 12.7. The summed E-state index contributed by atoms with van der Waals surface area (Å²) in [4.78, 5) is 37.5. The summed E-state index contributed by atoms with van der Waals surface area (Å²) in [5.41, 5.74) is 0. The van der Waals surface area contributed by atoms with Gasteiger partial charge in [0.25, 0.3) is 0 Å². The minimum Gasteiger partial charge on any atom is -0.462 e. The van der Waals surface area contributed by atoms with Gasteiger partial charge in [-0.15, -0.1) is 0 Å². The Morgan fingerprint density at radius 3 is 1.47 bits per heavy atom. The van der Waals surface area contributed by atoms with Crippen molar-refractivity contribution < 1.29 is 28.6 Å². The summed E-state index contributed by atoms with van der Waals surface area (Å²) < 4.78 is 16.5. The molecular formula is C47H76O6. The number of rotatable bonds is 36. The van der Waals surface area contributed by atoms with Crippen LogP contribution in [-0.4, -0.2) is 37.2 Å². The zero-order chi connectivity index (χ0) is 38.7. The third-order valence-corrected chi connectivity index (χ3v) is 8.52. The second-order valence-electron chi connectivity index (χ2n) is 13.6. The van der Waals surface area contributed by atoms with Crippen LogP contribution in [0.5, 0.6) is 0 Å². The summed E-state index contributed by atoms with van der Waals surface area (Å²) in [5.74, 6) is -1.10. The second-order valence-corrected chi connectivity index (χ2v) is 13.6. The first-order valence-electron chi connectivity index (χ1n) is 21.1. The van der Waals surface area contributed by atoms with Gasteiger partial charge in [0.15, 0.2) is 6.10 Å². The average molecular weight is 737 g/mol. The Morgan fingerprint density at radius 2 is 0.887 bits per heavy atom. The van der Waals surface area contributed by atoms with Crippen LogP contribution >= 0.6 is 0 Å². The van der Waals surface area contributed by atoms with E-state index < -0.39 is 12.1 Å². The summed E-state index contributed by atoms with van der Waals surface area (Å²) in [7, 11) is 0. The van der Waals surface area contributed by atoms with E-state index in [1.54, 1.807) is 6.08 Å². The van der Waals surface area contributed by atoms with E-state index >= 15 is 0 Å². The summed E-state index contributed by atoms with van der Waals surface area (Å²) in [6, 6.07) is 0. The van der Waals surface area contributed by atoms with E-state index in [1.165, 1.54) is 64.2 Å². The Hall–Kier alpha value is -3.41. The molecule has 0 aliphatic rings. The van der Waals surface area contributed by atoms with Crippen molar-refractivity contribution in [3.05, 3.63) is 85.1 Å². The lowest BCUT2D eigenvalue weighted by atomic mass is 10.0. The van der Waals surface area contributed by atoms with Crippen LogP contribution in [-0.2, 0) is 28.6 Å². The molecule has 0 fully saturated rings. The summed E-state index contributed by atoms with van der Waals surface area (Å²) >= 11 is 0. The van der Waals surface area contributed by atoms with Crippen LogP contribution < -0.4 is 0 Å². The van der Waals surface area contributed by atoms with Crippen molar-refractivity contribution in [1.82, 2.24) is 0 Å². The van der Waals surface area contributed by atoms with Crippen molar-refractivity contribution in [2.45, 2.75) is 181 Å². The standard InChI is InChI=1S/C47H76O6/c1-4-7-10-13-16-19-21-23-25-28-31-34-37-40-46(49)52-43-44(42-51-45(48)39-36-33-30-27-18-15-12-9-6-3)53-47(50)41-38-35-32-29-26-24-22-20-17-14-11-8-5-2/h7,9-10,12-13,16,18-19,21,23,25,27,33,36,44H,4-6,8,11,14-15,17,20,22,24,26,28-32,34-35,37-43H2,1-3H3/b10-7-,12-9-,16-13-,21-19-,25-23-,27-18-,36-33-. The van der Waals surface area contributed by atoms with Crippen molar-refractivity contribution >= 4 is 17.9 Å². The lowest BCUT2D eigenvalue weighted by Crippen LogP contribution is -2.30. The fourth-order valence-corrected chi connectivity index (χ4v) is 5.39. The van der Waals surface area contributed by atoms with Gasteiger partial charge < -0.3 is 14.2 Å². The Balaban J connectivity index is 4.52. The van der Waals surface area contributed by atoms with Gasteiger partial charge in [0.05, 0.1) is 6.42 Å². The third-order valence-electron chi connectivity index (χ3n) is 8.52. The van der Waals surface area contributed by atoms with E-state index in [4.69, 9.17) is 14.2 Å². The summed E-state index contributed by atoms with van der Waals surface area (Å²) in [6.45, 7) is 6.21. The molecule has 0 aromatic carbocycles. The molecule has 300 valence electrons. The summed E-state index contributed by atoms with van der Waals surface area (Å²) in [6.07, 6.45) is 51.7. The fourth-order valence-electron chi connectivity index (χ4n) is 5.39. The van der Waals surface area contributed by atoms with Crippen molar-refractivity contribution in [3.8, 4) is 0 Å². The van der Waals surface area contributed by atoms with Gasteiger partial charge in [-0.05, 0) is 51.4 Å². The SMILES string of the molecule is CC\C=C/C=C\C=C/C=C\CCCCCC(=O)OCC(COC(=O)C/C=C\C/C=C\C/C=C\CC)OC(=O)CCCCCCCCCCCCCCC. The lowest BCUT2D eigenvalue weighted by Gasteiger charge is -2.18. The molecule has 6 heteroatoms. The van der Waals surface area contributed by atoms with Crippen LogP contribution in [0.2, 0.25) is 0 Å². The van der Waals surface area contributed by atoms with Crippen LogP contribution in [0.1, 0.15) is 175 Å². The first-order valence-corrected chi connectivity index (χ1v) is 21.1. The number of allylic oxidation sites excluding steroid dienone is 13. The van der Waals surface area contributed by atoms with Gasteiger partial charge >= 0.3 is 17.9 Å². The zero-order valence-electron chi connectivity index (χ0n) is 34.0. The first-order chi connectivity index (χ1) is 26.0. The van der Waals surface area contributed by atoms with Gasteiger partial charge in [-0.25, -0.2) is 0 Å². The van der Waals surface area contributed by atoms with E-state index in [2.05, 4.69) is 57.2 Å². The molecule has 1 unspecified atom stereocenters. The minimum atomic E-state index is -0.823. The number of carbonyl (C=O) groups excluding carboxylic acids is 3. The molecule has 0 spiro atoms. The number of esters is 3. The van der Waals surface area contributed by atoms with Crippen LogP contribution in [0.4, 0.5) is 0 Å². The molecule has 0 rings (SSSR count). The van der Waals surface area contributed by atoms with Crippen LogP contribution in [0.3, 0.4) is 0 Å². The predicted octanol–water partition coefficient (Wildman–Crippen LogP) is 13.3. The molecule has 0 heterocycles. The molecule has 0 aliphatic carbocycles. The number of carbonyl (C=O) groups is 3. The topological polar surface area (TPSA) is 78.9 Å². The Morgan fingerprint density at radius 1 is 0.434 bits per heavy atom. The van der Waals surface area contributed by atoms with E-state index in [0.29, 0.717) is 12.8 Å². The normalized spacial score (nSPS) is 12.9. The van der Waals surface area contributed by atoms with Gasteiger partial charge in [0, 0.05) is 12.8 Å². The van der Waals surface area contributed by atoms with Crippen molar-refractivity contribution in [2.24, 2.45) is 0 Å². The van der Waals surface area contributed by atoms with Gasteiger partial charge in [0.1, 0.15) is 13.2 Å². The van der Waals surface area contributed by atoms with E-state index in [0.717, 1.165) is 70.6 Å². The largest absolute Gasteiger partial charge is 0.462 e. The maximum atomic E-state index is 12.7. The quantitative estimate of drug-likeness (QED) is 0.0209. The fraction of sp³-hybridized carbons (Fsp3) is 0.638. The van der Waals surface area contributed by atoms with Crippen LogP contribution in [0.15, 0.2) is 85.1 Å². The molecule has 0 N–H and O–H groups in total. The number of hydrogen-bond donors (Lipinski definition) is 0. The van der Waals surface area contributed by atoms with E-state index in [1.807, 2.05) is 42.5 Å². The highest BCUT2D eigenvalue weighted by Gasteiger charge is 2.19. The van der Waals surface area contributed by atoms with Gasteiger partial charge in [-0.1, -0.05) is 189 Å². The second kappa shape index (κ2) is 41.3. The van der Waals surface area contributed by atoms with Crippen molar-refractivity contribution in [3.63, 3.8) is 0 Å². The molecule has 0 saturated carbocycles.